The van der Waals surface area contributed by atoms with Crippen molar-refractivity contribution in [3.05, 3.63) is 92.9 Å². The molecule has 0 saturated carbocycles. The second-order valence-corrected chi connectivity index (χ2v) is 9.53. The number of carbonyl (C=O) groups excluding carboxylic acids is 2. The van der Waals surface area contributed by atoms with Gasteiger partial charge in [0.05, 0.1) is 6.54 Å². The van der Waals surface area contributed by atoms with E-state index in [4.69, 9.17) is 4.74 Å². The Hall–Kier alpha value is -3.03. The van der Waals surface area contributed by atoms with Crippen molar-refractivity contribution in [2.45, 2.75) is 39.8 Å². The fourth-order valence-electron chi connectivity index (χ4n) is 3.76. The van der Waals surface area contributed by atoms with Crippen molar-refractivity contribution in [1.82, 2.24) is 9.80 Å². The summed E-state index contributed by atoms with van der Waals surface area (Å²) in [6, 6.07) is 15.7. The van der Waals surface area contributed by atoms with Crippen molar-refractivity contribution in [2.75, 3.05) is 26.8 Å². The van der Waals surface area contributed by atoms with Gasteiger partial charge in [-0.2, -0.15) is 0 Å². The molecule has 3 aromatic rings. The van der Waals surface area contributed by atoms with Crippen molar-refractivity contribution in [3.8, 4) is 0 Å². The first kappa shape index (κ1) is 26.6. The van der Waals surface area contributed by atoms with E-state index in [-0.39, 0.29) is 24.2 Å². The quantitative estimate of drug-likeness (QED) is 0.313. The maximum atomic E-state index is 13.6. The number of benzene rings is 2. The SMILES string of the molecule is CCc1ccc(C(=O)N(CCCOC)CC(=O)N(Cc2ccc(F)cc2)Cc2sccc2C)cc1. The summed E-state index contributed by atoms with van der Waals surface area (Å²) in [6.45, 7) is 5.73. The summed E-state index contributed by atoms with van der Waals surface area (Å²) in [5, 5.41) is 2.01. The van der Waals surface area contributed by atoms with Gasteiger partial charge in [-0.3, -0.25) is 9.59 Å². The van der Waals surface area contributed by atoms with Gasteiger partial charge in [0.2, 0.25) is 5.91 Å². The maximum Gasteiger partial charge on any atom is 0.254 e. The molecule has 0 aliphatic heterocycles. The molecule has 0 aliphatic rings. The van der Waals surface area contributed by atoms with Crippen LogP contribution in [0.25, 0.3) is 0 Å². The van der Waals surface area contributed by atoms with Gasteiger partial charge in [-0.05, 0) is 72.2 Å². The number of amides is 2. The van der Waals surface area contributed by atoms with Crippen LogP contribution in [0.15, 0.2) is 60.0 Å². The van der Waals surface area contributed by atoms with Crippen LogP contribution in [-0.2, 0) is 29.0 Å². The first-order chi connectivity index (χ1) is 16.9. The molecule has 2 aromatic carbocycles. The topological polar surface area (TPSA) is 49.9 Å². The highest BCUT2D eigenvalue weighted by atomic mass is 32.1. The van der Waals surface area contributed by atoms with Crippen LogP contribution < -0.4 is 0 Å². The minimum Gasteiger partial charge on any atom is -0.385 e. The molecule has 1 aromatic heterocycles. The van der Waals surface area contributed by atoms with E-state index in [1.807, 2.05) is 42.6 Å². The lowest BCUT2D eigenvalue weighted by molar-refractivity contribution is -0.133. The van der Waals surface area contributed by atoms with Gasteiger partial charge in [0, 0.05) is 37.2 Å². The van der Waals surface area contributed by atoms with Crippen LogP contribution in [0.1, 0.15) is 45.3 Å². The van der Waals surface area contributed by atoms with E-state index in [2.05, 4.69) is 6.92 Å². The van der Waals surface area contributed by atoms with Gasteiger partial charge in [-0.25, -0.2) is 4.39 Å². The third-order valence-electron chi connectivity index (χ3n) is 5.94. The van der Waals surface area contributed by atoms with E-state index < -0.39 is 0 Å². The zero-order valence-electron chi connectivity index (χ0n) is 20.6. The number of nitrogens with zero attached hydrogens (tertiary/aromatic N) is 2. The Morgan fingerprint density at radius 2 is 1.63 bits per heavy atom. The molecular weight excluding hydrogens is 463 g/mol. The Morgan fingerprint density at radius 3 is 2.23 bits per heavy atom. The lowest BCUT2D eigenvalue weighted by atomic mass is 10.1. The van der Waals surface area contributed by atoms with Gasteiger partial charge in [-0.15, -0.1) is 11.3 Å². The Labute approximate surface area is 211 Å². The predicted octanol–water partition coefficient (Wildman–Crippen LogP) is 5.47. The zero-order chi connectivity index (χ0) is 25.2. The first-order valence-electron chi connectivity index (χ1n) is 11.8. The number of rotatable bonds is 12. The Balaban J connectivity index is 1.81. The summed E-state index contributed by atoms with van der Waals surface area (Å²) in [6.07, 6.45) is 1.52. The van der Waals surface area contributed by atoms with Gasteiger partial charge in [-0.1, -0.05) is 31.2 Å². The number of methoxy groups -OCH3 is 1. The van der Waals surface area contributed by atoms with E-state index in [0.717, 1.165) is 28.0 Å². The average molecular weight is 497 g/mol. The van der Waals surface area contributed by atoms with E-state index in [1.165, 1.54) is 12.1 Å². The molecule has 0 radical (unpaired) electrons. The molecule has 0 saturated heterocycles. The van der Waals surface area contributed by atoms with Gasteiger partial charge >= 0.3 is 0 Å². The minimum absolute atomic E-state index is 0.0380. The average Bonchev–Trinajstić information content (AvgIpc) is 3.28. The molecule has 0 atom stereocenters. The summed E-state index contributed by atoms with van der Waals surface area (Å²) in [7, 11) is 1.62. The molecule has 0 fully saturated rings. The van der Waals surface area contributed by atoms with Crippen LogP contribution in [0.3, 0.4) is 0 Å². The van der Waals surface area contributed by atoms with Crippen LogP contribution >= 0.6 is 11.3 Å². The van der Waals surface area contributed by atoms with E-state index >= 15 is 0 Å². The first-order valence-corrected chi connectivity index (χ1v) is 12.7. The van der Waals surface area contributed by atoms with E-state index in [9.17, 15) is 14.0 Å². The van der Waals surface area contributed by atoms with Crippen LogP contribution in [0, 0.1) is 12.7 Å². The third-order valence-corrected chi connectivity index (χ3v) is 6.95. The molecule has 5 nitrogen and oxygen atoms in total. The van der Waals surface area contributed by atoms with Crippen molar-refractivity contribution in [3.63, 3.8) is 0 Å². The van der Waals surface area contributed by atoms with Crippen LogP contribution in [0.5, 0.6) is 0 Å². The zero-order valence-corrected chi connectivity index (χ0v) is 21.4. The Morgan fingerprint density at radius 1 is 0.943 bits per heavy atom. The second kappa shape index (κ2) is 13.2. The molecule has 7 heteroatoms. The lowest BCUT2D eigenvalue weighted by Gasteiger charge is -2.28. The highest BCUT2D eigenvalue weighted by Crippen LogP contribution is 2.20. The highest BCUT2D eigenvalue weighted by Gasteiger charge is 2.23. The number of ether oxygens (including phenoxy) is 1. The molecule has 0 aliphatic carbocycles. The Bertz CT molecular complexity index is 1100. The molecule has 186 valence electrons. The molecule has 1 heterocycles. The molecule has 35 heavy (non-hydrogen) atoms. The summed E-state index contributed by atoms with van der Waals surface area (Å²) >= 11 is 1.60. The minimum atomic E-state index is -0.315. The van der Waals surface area contributed by atoms with Crippen LogP contribution in [-0.4, -0.2) is 48.4 Å². The summed E-state index contributed by atoms with van der Waals surface area (Å²) in [4.78, 5) is 31.3. The largest absolute Gasteiger partial charge is 0.385 e. The summed E-state index contributed by atoms with van der Waals surface area (Å²) < 4.78 is 18.6. The van der Waals surface area contributed by atoms with Crippen molar-refractivity contribution >= 4 is 23.2 Å². The van der Waals surface area contributed by atoms with Crippen molar-refractivity contribution < 1.29 is 18.7 Å². The maximum absolute atomic E-state index is 13.6. The lowest BCUT2D eigenvalue weighted by Crippen LogP contribution is -2.43. The normalized spacial score (nSPS) is 10.9. The number of aryl methyl sites for hydroxylation is 2. The van der Waals surface area contributed by atoms with E-state index in [1.54, 1.807) is 40.4 Å². The van der Waals surface area contributed by atoms with Gasteiger partial charge in [0.1, 0.15) is 12.4 Å². The monoisotopic (exact) mass is 496 g/mol. The molecule has 0 unspecified atom stereocenters. The second-order valence-electron chi connectivity index (χ2n) is 8.53. The summed E-state index contributed by atoms with van der Waals surface area (Å²) in [5.41, 5.74) is 3.67. The number of carbonyl (C=O) groups is 2. The molecule has 3 rings (SSSR count). The van der Waals surface area contributed by atoms with Gasteiger partial charge < -0.3 is 14.5 Å². The molecular formula is C28H33FN2O3S. The van der Waals surface area contributed by atoms with Crippen LogP contribution in [0.4, 0.5) is 4.39 Å². The summed E-state index contributed by atoms with van der Waals surface area (Å²) in [5.74, 6) is -0.644. The smallest absolute Gasteiger partial charge is 0.254 e. The van der Waals surface area contributed by atoms with Crippen molar-refractivity contribution in [1.29, 1.82) is 0 Å². The van der Waals surface area contributed by atoms with Gasteiger partial charge in [0.25, 0.3) is 5.91 Å². The predicted molar refractivity (Wildman–Crippen MR) is 138 cm³/mol. The van der Waals surface area contributed by atoms with Crippen LogP contribution in [0.2, 0.25) is 0 Å². The Kier molecular flexibility index (Phi) is 9.99. The molecule has 0 bridgehead atoms. The fourth-order valence-corrected chi connectivity index (χ4v) is 4.68. The van der Waals surface area contributed by atoms with Gasteiger partial charge in [0.15, 0.2) is 0 Å². The molecule has 2 amide bonds. The number of hydrogen-bond donors (Lipinski definition) is 0. The standard InChI is InChI=1S/C28H33FN2O3S/c1-4-22-6-10-24(11-7-22)28(33)30(15-5-16-34-3)20-27(32)31(19-26-21(2)14-17-35-26)18-23-8-12-25(29)13-9-23/h6-14,17H,4-5,15-16,18-20H2,1-3H3. The highest BCUT2D eigenvalue weighted by molar-refractivity contribution is 7.10. The van der Waals surface area contributed by atoms with Crippen molar-refractivity contribution in [2.24, 2.45) is 0 Å². The molecule has 0 N–H and O–H groups in total. The molecule has 0 spiro atoms. The number of halogens is 1. The van der Waals surface area contributed by atoms with E-state index in [0.29, 0.717) is 38.2 Å². The fraction of sp³-hybridized carbons (Fsp3) is 0.357. The third kappa shape index (κ3) is 7.73. The number of hydrogen-bond acceptors (Lipinski definition) is 4. The number of thiophene rings is 1.